The van der Waals surface area contributed by atoms with Gasteiger partial charge in [-0.25, -0.2) is 0 Å². The Morgan fingerprint density at radius 3 is 2.67 bits per heavy atom. The SMILES string of the molecule is CCC1(CNC(=O)c2ccccc2)CCN(C)C1. The van der Waals surface area contributed by atoms with Crippen LogP contribution in [0.15, 0.2) is 30.3 Å². The number of rotatable bonds is 4. The monoisotopic (exact) mass is 246 g/mol. The minimum atomic E-state index is 0.0398. The molecule has 0 aliphatic carbocycles. The molecule has 98 valence electrons. The summed E-state index contributed by atoms with van der Waals surface area (Å²) in [5.74, 6) is 0.0398. The van der Waals surface area contributed by atoms with Crippen LogP contribution in [-0.2, 0) is 0 Å². The number of benzene rings is 1. The minimum Gasteiger partial charge on any atom is -0.351 e. The summed E-state index contributed by atoms with van der Waals surface area (Å²) in [6, 6.07) is 9.43. The average Bonchev–Trinajstić information content (AvgIpc) is 2.79. The Balaban J connectivity index is 1.93. The first-order chi connectivity index (χ1) is 8.65. The van der Waals surface area contributed by atoms with E-state index in [0.717, 1.165) is 31.6 Å². The summed E-state index contributed by atoms with van der Waals surface area (Å²) in [6.07, 6.45) is 2.29. The van der Waals surface area contributed by atoms with Gasteiger partial charge in [0, 0.05) is 24.1 Å². The number of likely N-dealkylation sites (tertiary alicyclic amines) is 1. The Labute approximate surface area is 109 Å². The molecule has 1 fully saturated rings. The first-order valence-corrected chi connectivity index (χ1v) is 6.67. The highest BCUT2D eigenvalue weighted by molar-refractivity contribution is 5.94. The molecule has 0 bridgehead atoms. The molecule has 0 spiro atoms. The van der Waals surface area contributed by atoms with Crippen LogP contribution in [0, 0.1) is 5.41 Å². The van der Waals surface area contributed by atoms with E-state index >= 15 is 0 Å². The predicted octanol–water partition coefficient (Wildman–Crippen LogP) is 2.15. The number of hydrogen-bond donors (Lipinski definition) is 1. The summed E-state index contributed by atoms with van der Waals surface area (Å²) >= 11 is 0. The van der Waals surface area contributed by atoms with Gasteiger partial charge in [0.1, 0.15) is 0 Å². The van der Waals surface area contributed by atoms with Crippen molar-refractivity contribution in [3.8, 4) is 0 Å². The minimum absolute atomic E-state index is 0.0398. The molecule has 1 atom stereocenters. The molecule has 1 aromatic carbocycles. The summed E-state index contributed by atoms with van der Waals surface area (Å²) in [5.41, 5.74) is 1.01. The summed E-state index contributed by atoms with van der Waals surface area (Å²) in [6.45, 7) is 5.21. The Hall–Kier alpha value is -1.35. The maximum absolute atomic E-state index is 12.0. The number of carbonyl (C=O) groups excluding carboxylic acids is 1. The third-order valence-corrected chi connectivity index (χ3v) is 4.04. The van der Waals surface area contributed by atoms with Gasteiger partial charge in [-0.05, 0) is 38.6 Å². The summed E-state index contributed by atoms with van der Waals surface area (Å²) in [5, 5.41) is 3.09. The van der Waals surface area contributed by atoms with Crippen molar-refractivity contribution < 1.29 is 4.79 Å². The van der Waals surface area contributed by atoms with Gasteiger partial charge in [-0.2, -0.15) is 0 Å². The van der Waals surface area contributed by atoms with Crippen molar-refractivity contribution in [3.63, 3.8) is 0 Å². The van der Waals surface area contributed by atoms with Crippen LogP contribution >= 0.6 is 0 Å². The number of hydrogen-bond acceptors (Lipinski definition) is 2. The van der Waals surface area contributed by atoms with Crippen LogP contribution in [0.2, 0.25) is 0 Å². The fraction of sp³-hybridized carbons (Fsp3) is 0.533. The van der Waals surface area contributed by atoms with Crippen molar-refractivity contribution in [1.29, 1.82) is 0 Å². The zero-order valence-electron chi connectivity index (χ0n) is 11.3. The molecule has 1 aliphatic heterocycles. The van der Waals surface area contributed by atoms with Crippen LogP contribution in [0.4, 0.5) is 0 Å². The van der Waals surface area contributed by atoms with Crippen molar-refractivity contribution in [3.05, 3.63) is 35.9 Å². The van der Waals surface area contributed by atoms with Gasteiger partial charge >= 0.3 is 0 Å². The van der Waals surface area contributed by atoms with E-state index in [1.165, 1.54) is 6.42 Å². The van der Waals surface area contributed by atoms with Crippen molar-refractivity contribution in [2.24, 2.45) is 5.41 Å². The maximum Gasteiger partial charge on any atom is 0.251 e. The average molecular weight is 246 g/mol. The Kier molecular flexibility index (Phi) is 4.02. The van der Waals surface area contributed by atoms with Crippen LogP contribution in [-0.4, -0.2) is 37.5 Å². The van der Waals surface area contributed by atoms with Crippen molar-refractivity contribution in [2.75, 3.05) is 26.7 Å². The van der Waals surface area contributed by atoms with E-state index in [1.807, 2.05) is 30.3 Å². The Morgan fingerprint density at radius 2 is 2.11 bits per heavy atom. The van der Waals surface area contributed by atoms with Crippen LogP contribution in [0.3, 0.4) is 0 Å². The molecule has 3 heteroatoms. The number of nitrogens with one attached hydrogen (secondary N) is 1. The largest absolute Gasteiger partial charge is 0.351 e. The maximum atomic E-state index is 12.0. The summed E-state index contributed by atoms with van der Waals surface area (Å²) in [7, 11) is 2.15. The molecule has 1 N–H and O–H groups in total. The lowest BCUT2D eigenvalue weighted by atomic mass is 9.84. The molecule has 0 radical (unpaired) electrons. The third-order valence-electron chi connectivity index (χ3n) is 4.04. The molecule has 1 heterocycles. The highest BCUT2D eigenvalue weighted by Gasteiger charge is 2.35. The molecule has 1 aliphatic rings. The number of amides is 1. The van der Waals surface area contributed by atoms with E-state index < -0.39 is 0 Å². The van der Waals surface area contributed by atoms with E-state index in [2.05, 4.69) is 24.2 Å². The molecular weight excluding hydrogens is 224 g/mol. The molecule has 1 saturated heterocycles. The predicted molar refractivity (Wildman–Crippen MR) is 73.6 cm³/mol. The molecule has 0 saturated carbocycles. The van der Waals surface area contributed by atoms with E-state index in [1.54, 1.807) is 0 Å². The Morgan fingerprint density at radius 1 is 1.39 bits per heavy atom. The van der Waals surface area contributed by atoms with Crippen LogP contribution in [0.25, 0.3) is 0 Å². The highest BCUT2D eigenvalue weighted by atomic mass is 16.1. The summed E-state index contributed by atoms with van der Waals surface area (Å²) < 4.78 is 0. The zero-order chi connectivity index (χ0) is 13.0. The molecule has 1 aromatic rings. The van der Waals surface area contributed by atoms with Gasteiger partial charge in [-0.1, -0.05) is 25.1 Å². The molecule has 18 heavy (non-hydrogen) atoms. The second kappa shape index (κ2) is 5.53. The molecule has 2 rings (SSSR count). The smallest absolute Gasteiger partial charge is 0.251 e. The lowest BCUT2D eigenvalue weighted by molar-refractivity contribution is 0.0929. The molecule has 3 nitrogen and oxygen atoms in total. The first-order valence-electron chi connectivity index (χ1n) is 6.67. The van der Waals surface area contributed by atoms with Gasteiger partial charge in [0.2, 0.25) is 0 Å². The number of nitrogens with zero attached hydrogens (tertiary/aromatic N) is 1. The van der Waals surface area contributed by atoms with Gasteiger partial charge in [0.15, 0.2) is 0 Å². The van der Waals surface area contributed by atoms with E-state index in [9.17, 15) is 4.79 Å². The van der Waals surface area contributed by atoms with Gasteiger partial charge in [-0.3, -0.25) is 4.79 Å². The standard InChI is InChI=1S/C15H22N2O/c1-3-15(9-10-17(2)12-15)11-16-14(18)13-7-5-4-6-8-13/h4-8H,3,9-12H2,1-2H3,(H,16,18). The van der Waals surface area contributed by atoms with Gasteiger partial charge in [-0.15, -0.1) is 0 Å². The lowest BCUT2D eigenvalue weighted by Gasteiger charge is -2.27. The topological polar surface area (TPSA) is 32.3 Å². The lowest BCUT2D eigenvalue weighted by Crippen LogP contribution is -2.38. The molecular formula is C15H22N2O. The van der Waals surface area contributed by atoms with Crippen molar-refractivity contribution in [1.82, 2.24) is 10.2 Å². The van der Waals surface area contributed by atoms with E-state index in [4.69, 9.17) is 0 Å². The highest BCUT2D eigenvalue weighted by Crippen LogP contribution is 2.32. The molecule has 1 unspecified atom stereocenters. The van der Waals surface area contributed by atoms with Gasteiger partial charge in [0.05, 0.1) is 0 Å². The van der Waals surface area contributed by atoms with Gasteiger partial charge in [0.25, 0.3) is 5.91 Å². The second-order valence-electron chi connectivity index (χ2n) is 5.39. The van der Waals surface area contributed by atoms with Crippen LogP contribution in [0.5, 0.6) is 0 Å². The first kappa shape index (κ1) is 13.1. The van der Waals surface area contributed by atoms with Crippen molar-refractivity contribution in [2.45, 2.75) is 19.8 Å². The quantitative estimate of drug-likeness (QED) is 0.883. The second-order valence-corrected chi connectivity index (χ2v) is 5.39. The molecule has 1 amide bonds. The summed E-state index contributed by atoms with van der Waals surface area (Å²) in [4.78, 5) is 14.4. The van der Waals surface area contributed by atoms with E-state index in [-0.39, 0.29) is 11.3 Å². The van der Waals surface area contributed by atoms with Gasteiger partial charge < -0.3 is 10.2 Å². The third kappa shape index (κ3) is 2.91. The Bertz CT molecular complexity index is 404. The number of carbonyl (C=O) groups is 1. The van der Waals surface area contributed by atoms with Crippen molar-refractivity contribution >= 4 is 5.91 Å². The van der Waals surface area contributed by atoms with Crippen LogP contribution < -0.4 is 5.32 Å². The zero-order valence-corrected chi connectivity index (χ0v) is 11.3. The fourth-order valence-corrected chi connectivity index (χ4v) is 2.68. The fourth-order valence-electron chi connectivity index (χ4n) is 2.68. The van der Waals surface area contributed by atoms with E-state index in [0.29, 0.717) is 0 Å². The normalized spacial score (nSPS) is 24.1. The van der Waals surface area contributed by atoms with Crippen LogP contribution in [0.1, 0.15) is 30.1 Å². The molecule has 0 aromatic heterocycles.